The van der Waals surface area contributed by atoms with Gasteiger partial charge in [-0.05, 0) is 31.6 Å². The zero-order chi connectivity index (χ0) is 14.7. The topological polar surface area (TPSA) is 59.2 Å². The monoisotopic (exact) mass is 331 g/mol. The van der Waals surface area contributed by atoms with Crippen molar-refractivity contribution in [3.8, 4) is 0 Å². The number of rotatable bonds is 5. The minimum absolute atomic E-state index is 0. The van der Waals surface area contributed by atoms with Crippen LogP contribution in [0.3, 0.4) is 0 Å². The lowest BCUT2D eigenvalue weighted by atomic mass is 9.99. The first-order chi connectivity index (χ1) is 9.52. The molecule has 0 radical (unpaired) electrons. The predicted octanol–water partition coefficient (Wildman–Crippen LogP) is 2.78. The van der Waals surface area contributed by atoms with E-state index in [1.54, 1.807) is 16.2 Å². The lowest BCUT2D eigenvalue weighted by molar-refractivity contribution is -0.132. The molecule has 2 unspecified atom stereocenters. The maximum absolute atomic E-state index is 12.3. The van der Waals surface area contributed by atoms with E-state index in [4.69, 9.17) is 5.73 Å². The second-order valence-electron chi connectivity index (χ2n) is 5.79. The molecule has 2 atom stereocenters. The maximum Gasteiger partial charge on any atom is 0.239 e. The van der Waals surface area contributed by atoms with E-state index in [2.05, 4.69) is 11.9 Å². The summed E-state index contributed by atoms with van der Waals surface area (Å²) in [7, 11) is 1.82. The second kappa shape index (κ2) is 8.11. The smallest absolute Gasteiger partial charge is 0.239 e. The molecule has 2 N–H and O–H groups in total. The summed E-state index contributed by atoms with van der Waals surface area (Å²) in [4.78, 5) is 20.1. The summed E-state index contributed by atoms with van der Waals surface area (Å²) >= 11 is 1.76. The lowest BCUT2D eigenvalue weighted by Crippen LogP contribution is -2.45. The van der Waals surface area contributed by atoms with E-state index in [-0.39, 0.29) is 24.2 Å². The Morgan fingerprint density at radius 1 is 1.43 bits per heavy atom. The predicted molar refractivity (Wildman–Crippen MR) is 89.9 cm³/mol. The van der Waals surface area contributed by atoms with Crippen molar-refractivity contribution in [1.82, 2.24) is 9.88 Å². The van der Waals surface area contributed by atoms with Gasteiger partial charge in [0.1, 0.15) is 5.01 Å². The molecule has 1 aliphatic carbocycles. The molecule has 6 heteroatoms. The molecular weight excluding hydrogens is 306 g/mol. The van der Waals surface area contributed by atoms with Crippen molar-refractivity contribution in [3.05, 3.63) is 15.6 Å². The molecule has 0 aliphatic heterocycles. The van der Waals surface area contributed by atoms with Crippen molar-refractivity contribution < 1.29 is 4.79 Å². The Morgan fingerprint density at radius 2 is 2.10 bits per heavy atom. The van der Waals surface area contributed by atoms with Crippen LogP contribution in [0.5, 0.6) is 0 Å². The summed E-state index contributed by atoms with van der Waals surface area (Å²) < 4.78 is 0. The highest BCUT2D eigenvalue weighted by atomic mass is 35.5. The first-order valence-electron chi connectivity index (χ1n) is 7.51. The fourth-order valence-electron chi connectivity index (χ4n) is 2.51. The molecule has 1 aliphatic rings. The van der Waals surface area contributed by atoms with Crippen molar-refractivity contribution in [2.45, 2.75) is 58.5 Å². The van der Waals surface area contributed by atoms with Crippen LogP contribution in [0.4, 0.5) is 0 Å². The summed E-state index contributed by atoms with van der Waals surface area (Å²) in [5.41, 5.74) is 7.27. The molecule has 120 valence electrons. The van der Waals surface area contributed by atoms with E-state index in [0.29, 0.717) is 6.54 Å². The van der Waals surface area contributed by atoms with Crippen molar-refractivity contribution in [1.29, 1.82) is 0 Å². The van der Waals surface area contributed by atoms with Gasteiger partial charge in [-0.2, -0.15) is 0 Å². The molecule has 0 spiro atoms. The second-order valence-corrected chi connectivity index (χ2v) is 6.96. The summed E-state index contributed by atoms with van der Waals surface area (Å²) in [5.74, 6) is 0.238. The lowest BCUT2D eigenvalue weighted by Gasteiger charge is -2.23. The quantitative estimate of drug-likeness (QED) is 0.902. The van der Waals surface area contributed by atoms with E-state index in [9.17, 15) is 4.79 Å². The summed E-state index contributed by atoms with van der Waals surface area (Å²) in [5, 5.41) is 1.05. The van der Waals surface area contributed by atoms with E-state index in [1.165, 1.54) is 23.4 Å². The summed E-state index contributed by atoms with van der Waals surface area (Å²) in [6.45, 7) is 4.67. The van der Waals surface area contributed by atoms with Crippen LogP contribution in [0.2, 0.25) is 0 Å². The number of aryl methyl sites for hydroxylation is 2. The molecule has 1 aromatic rings. The number of amides is 1. The normalized spacial score (nSPS) is 16.6. The van der Waals surface area contributed by atoms with E-state index < -0.39 is 6.04 Å². The Labute approximate surface area is 137 Å². The Morgan fingerprint density at radius 3 is 2.71 bits per heavy atom. The average molecular weight is 332 g/mol. The van der Waals surface area contributed by atoms with Crippen molar-refractivity contribution in [3.63, 3.8) is 0 Å². The number of carbonyl (C=O) groups excluding carboxylic acids is 1. The number of fused-ring (bicyclic) bond motifs is 1. The first kappa shape index (κ1) is 18.4. The molecule has 21 heavy (non-hydrogen) atoms. The molecule has 0 bridgehead atoms. The fourth-order valence-corrected chi connectivity index (χ4v) is 3.72. The number of hydrogen-bond acceptors (Lipinski definition) is 4. The number of nitrogens with two attached hydrogens (primary N) is 1. The van der Waals surface area contributed by atoms with Crippen LogP contribution < -0.4 is 5.73 Å². The van der Waals surface area contributed by atoms with Crippen molar-refractivity contribution in [2.75, 3.05) is 7.05 Å². The van der Waals surface area contributed by atoms with Gasteiger partial charge in [0.25, 0.3) is 0 Å². The third-order valence-electron chi connectivity index (χ3n) is 4.18. The average Bonchev–Trinajstić information content (AvgIpc) is 2.86. The van der Waals surface area contributed by atoms with Crippen molar-refractivity contribution >= 4 is 29.7 Å². The van der Waals surface area contributed by atoms with Gasteiger partial charge in [-0.25, -0.2) is 4.98 Å². The number of nitrogens with zero attached hydrogens (tertiary/aromatic N) is 2. The van der Waals surface area contributed by atoms with Gasteiger partial charge < -0.3 is 10.6 Å². The molecule has 2 rings (SSSR count). The van der Waals surface area contributed by atoms with Gasteiger partial charge in [0.2, 0.25) is 5.91 Å². The van der Waals surface area contributed by atoms with Crippen LogP contribution in [-0.2, 0) is 24.2 Å². The SMILES string of the molecule is CCC(C)C(N)C(=O)N(C)Cc1nc2c(s1)CCCC2.Cl. The van der Waals surface area contributed by atoms with Gasteiger partial charge in [-0.3, -0.25) is 4.79 Å². The largest absolute Gasteiger partial charge is 0.338 e. The molecular formula is C15H26ClN3OS. The molecule has 1 amide bonds. The van der Waals surface area contributed by atoms with Crippen LogP contribution in [0.25, 0.3) is 0 Å². The van der Waals surface area contributed by atoms with Gasteiger partial charge >= 0.3 is 0 Å². The minimum Gasteiger partial charge on any atom is -0.338 e. The molecule has 0 aromatic carbocycles. The Balaban J connectivity index is 0.00000220. The minimum atomic E-state index is -0.403. The number of halogens is 1. The third-order valence-corrected chi connectivity index (χ3v) is 5.32. The molecule has 1 aromatic heterocycles. The molecule has 0 fully saturated rings. The highest BCUT2D eigenvalue weighted by Gasteiger charge is 2.24. The number of hydrogen-bond donors (Lipinski definition) is 1. The van der Waals surface area contributed by atoms with Crippen LogP contribution in [0.15, 0.2) is 0 Å². The Bertz CT molecular complexity index is 454. The molecule has 0 saturated carbocycles. The number of carbonyl (C=O) groups is 1. The Kier molecular flexibility index (Phi) is 7.10. The highest BCUT2D eigenvalue weighted by molar-refractivity contribution is 7.11. The van der Waals surface area contributed by atoms with Crippen LogP contribution >= 0.6 is 23.7 Å². The van der Waals surface area contributed by atoms with Crippen LogP contribution in [-0.4, -0.2) is 28.9 Å². The van der Waals surface area contributed by atoms with Crippen LogP contribution in [0.1, 0.15) is 48.7 Å². The van der Waals surface area contributed by atoms with E-state index in [1.807, 2.05) is 14.0 Å². The zero-order valence-corrected chi connectivity index (χ0v) is 14.7. The number of thiazole rings is 1. The number of likely N-dealkylation sites (N-methyl/N-ethyl adjacent to an activating group) is 1. The standard InChI is InChI=1S/C15H25N3OS.ClH/c1-4-10(2)14(16)15(19)18(3)9-13-17-11-7-5-6-8-12(11)20-13;/h10,14H,4-9,16H2,1-3H3;1H. The maximum atomic E-state index is 12.3. The Hall–Kier alpha value is -0.650. The third kappa shape index (κ3) is 4.41. The zero-order valence-electron chi connectivity index (χ0n) is 13.1. The van der Waals surface area contributed by atoms with Gasteiger partial charge in [-0.15, -0.1) is 23.7 Å². The molecule has 0 saturated heterocycles. The molecule has 4 nitrogen and oxygen atoms in total. The molecule has 1 heterocycles. The fraction of sp³-hybridized carbons (Fsp3) is 0.733. The summed E-state index contributed by atoms with van der Waals surface area (Å²) in [6.07, 6.45) is 5.67. The van der Waals surface area contributed by atoms with Gasteiger partial charge in [0, 0.05) is 11.9 Å². The first-order valence-corrected chi connectivity index (χ1v) is 8.32. The van der Waals surface area contributed by atoms with Gasteiger partial charge in [-0.1, -0.05) is 20.3 Å². The van der Waals surface area contributed by atoms with Crippen LogP contribution in [0, 0.1) is 5.92 Å². The van der Waals surface area contributed by atoms with Gasteiger partial charge in [0.15, 0.2) is 0 Å². The van der Waals surface area contributed by atoms with E-state index >= 15 is 0 Å². The van der Waals surface area contributed by atoms with Crippen molar-refractivity contribution in [2.24, 2.45) is 11.7 Å². The number of aromatic nitrogens is 1. The van der Waals surface area contributed by atoms with E-state index in [0.717, 1.165) is 24.3 Å². The summed E-state index contributed by atoms with van der Waals surface area (Å²) in [6, 6.07) is -0.403. The van der Waals surface area contributed by atoms with Gasteiger partial charge in [0.05, 0.1) is 18.3 Å². The highest BCUT2D eigenvalue weighted by Crippen LogP contribution is 2.27.